The van der Waals surface area contributed by atoms with E-state index in [-0.39, 0.29) is 64.9 Å². The van der Waals surface area contributed by atoms with E-state index in [2.05, 4.69) is 36.3 Å². The zero-order chi connectivity index (χ0) is 26.7. The second-order valence-electron chi connectivity index (χ2n) is 7.33. The molecule has 0 bridgehead atoms. The predicted octanol–water partition coefficient (Wildman–Crippen LogP) is -3.16. The van der Waals surface area contributed by atoms with Crippen molar-refractivity contribution in [1.82, 2.24) is 35.4 Å². The monoisotopic (exact) mass is 611 g/mol. The number of carbonyl (C=O) groups is 4. The summed E-state index contributed by atoms with van der Waals surface area (Å²) in [5.41, 5.74) is 0.306. The third-order valence-corrected chi connectivity index (χ3v) is 8.44. The summed E-state index contributed by atoms with van der Waals surface area (Å²) in [6, 6.07) is -0.986. The maximum atomic E-state index is 13.0. The van der Waals surface area contributed by atoms with Crippen molar-refractivity contribution in [2.24, 2.45) is 12.2 Å². The number of aliphatic carboxylic acids is 1. The number of hydrogen-bond acceptors (Lipinski definition) is 13. The molecule has 1 fully saturated rings. The van der Waals surface area contributed by atoms with Crippen LogP contribution in [0, 0.1) is 0 Å². The Labute approximate surface area is 255 Å². The fourth-order valence-electron chi connectivity index (χ4n) is 3.39. The van der Waals surface area contributed by atoms with E-state index in [0.717, 1.165) is 11.3 Å². The molecule has 15 nitrogen and oxygen atoms in total. The Morgan fingerprint density at radius 3 is 2.82 bits per heavy atom. The Morgan fingerprint density at radius 2 is 2.18 bits per heavy atom. The third-order valence-electron chi connectivity index (χ3n) is 5.01. The molecule has 0 aromatic carbocycles. The van der Waals surface area contributed by atoms with Crippen LogP contribution in [0.2, 0.25) is 0 Å². The zero-order valence-corrected chi connectivity index (χ0v) is 25.3. The van der Waals surface area contributed by atoms with Gasteiger partial charge in [0.05, 0.1) is 0 Å². The molecule has 0 radical (unpaired) electrons. The van der Waals surface area contributed by atoms with E-state index in [1.165, 1.54) is 45.6 Å². The van der Waals surface area contributed by atoms with E-state index < -0.39 is 35.1 Å². The minimum absolute atomic E-state index is 0. The molecule has 3 amide bonds. The summed E-state index contributed by atoms with van der Waals surface area (Å²) in [4.78, 5) is 59.6. The van der Waals surface area contributed by atoms with Crippen LogP contribution in [0.4, 0.5) is 5.13 Å². The largest absolute Gasteiger partial charge is 1.00 e. The number of tetrazole rings is 1. The smallest absolute Gasteiger partial charge is 1.00 e. The number of oxime groups is 1. The molecule has 3 N–H and O–H groups in total. The minimum atomic E-state index is -1.24. The van der Waals surface area contributed by atoms with E-state index in [1.54, 1.807) is 7.05 Å². The first-order valence-electron chi connectivity index (χ1n) is 10.2. The van der Waals surface area contributed by atoms with Crippen molar-refractivity contribution in [1.29, 1.82) is 0 Å². The number of thiazole rings is 1. The second kappa shape index (κ2) is 13.2. The molecule has 38 heavy (non-hydrogen) atoms. The SMILES string of the molecule is CO/N=C(\C(=O)NC1C(=O)N2C(C(=O)O)=C(CSc3nnnn3C)CS[C@H]12)c1csc(NC(=O)CCl)n1.[H-].[Na+]. The summed E-state index contributed by atoms with van der Waals surface area (Å²) in [7, 11) is 2.90. The van der Waals surface area contributed by atoms with Crippen LogP contribution in [-0.2, 0) is 31.1 Å². The molecule has 4 heterocycles. The maximum absolute atomic E-state index is 13.0. The van der Waals surface area contributed by atoms with Crippen LogP contribution in [0.15, 0.2) is 27.0 Å². The average Bonchev–Trinajstić information content (AvgIpc) is 3.51. The van der Waals surface area contributed by atoms with Gasteiger partial charge in [-0.15, -0.1) is 39.8 Å². The molecule has 0 aliphatic carbocycles. The molecular weight excluding hydrogens is 593 g/mol. The number of thioether (sulfide) groups is 2. The number of amides is 3. The van der Waals surface area contributed by atoms with Crippen molar-refractivity contribution >= 4 is 81.0 Å². The van der Waals surface area contributed by atoms with Gasteiger partial charge < -0.3 is 22.0 Å². The number of nitrogens with one attached hydrogen (secondary N) is 2. The molecule has 1 unspecified atom stereocenters. The van der Waals surface area contributed by atoms with Gasteiger partial charge >= 0.3 is 35.5 Å². The number of halogens is 1. The summed E-state index contributed by atoms with van der Waals surface area (Å²) in [6.45, 7) is 0. The van der Waals surface area contributed by atoms with Crippen LogP contribution in [0.5, 0.6) is 0 Å². The first kappa shape index (κ1) is 30.3. The fourth-order valence-corrected chi connectivity index (χ4v) is 6.50. The predicted molar refractivity (Wildman–Crippen MR) is 135 cm³/mol. The quantitative estimate of drug-likeness (QED) is 0.0610. The number of β-lactam (4-membered cyclic amide) rings is 1. The molecule has 2 aliphatic heterocycles. The Kier molecular flexibility index (Phi) is 10.6. The number of nitrogens with zero attached hydrogens (tertiary/aromatic N) is 7. The number of rotatable bonds is 10. The summed E-state index contributed by atoms with van der Waals surface area (Å²) in [5, 5.41) is 31.3. The number of anilines is 1. The van der Waals surface area contributed by atoms with Crippen LogP contribution >= 0.6 is 46.5 Å². The summed E-state index contributed by atoms with van der Waals surface area (Å²) in [6.07, 6.45) is 0. The Balaban J connectivity index is 0.00000267. The Bertz CT molecular complexity index is 1320. The van der Waals surface area contributed by atoms with Gasteiger partial charge in [-0.05, 0) is 16.0 Å². The number of alkyl halides is 1. The topological polar surface area (TPSA) is 194 Å². The number of fused-ring (bicyclic) bond motifs is 1. The molecule has 2 aromatic rings. The second-order valence-corrected chi connectivity index (χ2v) is 10.5. The zero-order valence-electron chi connectivity index (χ0n) is 21.1. The van der Waals surface area contributed by atoms with Gasteiger partial charge in [0.1, 0.15) is 35.8 Å². The normalized spacial score (nSPS) is 18.8. The van der Waals surface area contributed by atoms with Crippen molar-refractivity contribution in [3.05, 3.63) is 22.3 Å². The Hall–Kier alpha value is -2.22. The van der Waals surface area contributed by atoms with Crippen LogP contribution in [0.25, 0.3) is 0 Å². The van der Waals surface area contributed by atoms with Gasteiger partial charge in [0, 0.05) is 23.9 Å². The maximum Gasteiger partial charge on any atom is 1.00 e. The van der Waals surface area contributed by atoms with E-state index in [1.807, 2.05) is 0 Å². The third kappa shape index (κ3) is 6.32. The number of aromatic nitrogens is 5. The number of aryl methyl sites for hydroxylation is 1. The van der Waals surface area contributed by atoms with Crippen LogP contribution in [0.3, 0.4) is 0 Å². The molecule has 198 valence electrons. The summed E-state index contributed by atoms with van der Waals surface area (Å²) >= 11 is 9.10. The number of carboxylic acids is 1. The molecule has 4 rings (SSSR count). The fraction of sp³-hybridized carbons (Fsp3) is 0.389. The molecule has 0 spiro atoms. The van der Waals surface area contributed by atoms with Gasteiger partial charge in [0.15, 0.2) is 10.8 Å². The van der Waals surface area contributed by atoms with Gasteiger partial charge in [-0.3, -0.25) is 19.3 Å². The van der Waals surface area contributed by atoms with Crippen molar-refractivity contribution in [2.75, 3.05) is 29.8 Å². The van der Waals surface area contributed by atoms with Crippen molar-refractivity contribution < 1.29 is 60.1 Å². The van der Waals surface area contributed by atoms with Gasteiger partial charge in [-0.2, -0.15) is 0 Å². The van der Waals surface area contributed by atoms with Gasteiger partial charge in [-0.1, -0.05) is 16.9 Å². The molecule has 0 saturated carbocycles. The minimum Gasteiger partial charge on any atom is -1.00 e. The standard InChI is InChI=1S/C18H18ClN9O6S3.Na.H/c1-27-18(23-25-26-27)37-5-7-4-35-15-11(14(31)28(15)12(7)16(32)33)22-13(30)10(24-34-2)8-6-36-17(20-8)21-9(29)3-19;;/h6,11,15H,3-5H2,1-2H3,(H,22,30)(H,32,33)(H,20,21,29);;/q;+1;-1/b24-10-;;/t11?,15-;;/m1../s1. The van der Waals surface area contributed by atoms with E-state index >= 15 is 0 Å². The van der Waals surface area contributed by atoms with Gasteiger partial charge in [0.25, 0.3) is 11.8 Å². The molecule has 2 aromatic heterocycles. The van der Waals surface area contributed by atoms with Gasteiger partial charge in [-0.25, -0.2) is 14.5 Å². The van der Waals surface area contributed by atoms with E-state index in [4.69, 9.17) is 16.4 Å². The van der Waals surface area contributed by atoms with Gasteiger partial charge in [0.2, 0.25) is 11.1 Å². The summed E-state index contributed by atoms with van der Waals surface area (Å²) in [5.74, 6) is -2.71. The average molecular weight is 612 g/mol. The molecule has 2 atom stereocenters. The van der Waals surface area contributed by atoms with E-state index in [9.17, 15) is 24.3 Å². The van der Waals surface area contributed by atoms with Crippen LogP contribution < -0.4 is 40.2 Å². The number of carboxylic acid groups (broad SMARTS) is 1. The molecule has 2 aliphatic rings. The first-order chi connectivity index (χ1) is 17.7. The molecule has 20 heteroatoms. The summed E-state index contributed by atoms with van der Waals surface area (Å²) < 4.78 is 1.46. The number of carbonyl (C=O) groups excluding carboxylic acids is 3. The van der Waals surface area contributed by atoms with Crippen molar-refractivity contribution in [3.8, 4) is 0 Å². The van der Waals surface area contributed by atoms with Crippen LogP contribution in [-0.4, -0.2) is 101 Å². The first-order valence-corrected chi connectivity index (χ1v) is 13.7. The number of hydrogen-bond donors (Lipinski definition) is 3. The Morgan fingerprint density at radius 1 is 1.42 bits per heavy atom. The molecular formula is C18H19ClN9NaO6S3. The van der Waals surface area contributed by atoms with Crippen LogP contribution in [0.1, 0.15) is 7.12 Å². The van der Waals surface area contributed by atoms with Crippen molar-refractivity contribution in [2.45, 2.75) is 16.6 Å². The van der Waals surface area contributed by atoms with Crippen molar-refractivity contribution in [3.63, 3.8) is 0 Å². The molecule has 1 saturated heterocycles. The van der Waals surface area contributed by atoms with E-state index in [0.29, 0.717) is 16.5 Å².